The minimum Gasteiger partial charge on any atom is -0.384 e. The molecule has 0 bridgehead atoms. The Kier molecular flexibility index (Phi) is 1.19. The van der Waals surface area contributed by atoms with Gasteiger partial charge in [0.1, 0.15) is 11.8 Å². The van der Waals surface area contributed by atoms with E-state index in [4.69, 9.17) is 11.0 Å². The van der Waals surface area contributed by atoms with E-state index in [9.17, 15) is 0 Å². The van der Waals surface area contributed by atoms with Crippen LogP contribution in [0.3, 0.4) is 0 Å². The van der Waals surface area contributed by atoms with Crippen LogP contribution in [0, 0.1) is 17.2 Å². The third-order valence-corrected chi connectivity index (χ3v) is 1.17. The quantitative estimate of drug-likeness (QED) is 0.486. The zero-order chi connectivity index (χ0) is 6.85. The summed E-state index contributed by atoms with van der Waals surface area (Å²) in [7, 11) is 0. The lowest BCUT2D eigenvalue weighted by molar-refractivity contribution is 1.21. The van der Waals surface area contributed by atoms with Gasteiger partial charge < -0.3 is 5.73 Å². The molecule has 0 aromatic rings. The van der Waals surface area contributed by atoms with E-state index in [2.05, 4.69) is 10.2 Å². The topological polar surface area (TPSA) is 74.5 Å². The predicted molar refractivity (Wildman–Crippen MR) is 33.8 cm³/mol. The third kappa shape index (κ3) is 0.765. The smallest absolute Gasteiger partial charge is 0.145 e. The van der Waals surface area contributed by atoms with Crippen LogP contribution in [0.1, 0.15) is 6.92 Å². The maximum Gasteiger partial charge on any atom is 0.145 e. The fourth-order valence-electron chi connectivity index (χ4n) is 0.626. The molecule has 0 aromatic carbocycles. The van der Waals surface area contributed by atoms with Crippen molar-refractivity contribution in [2.75, 3.05) is 0 Å². The first-order valence-corrected chi connectivity index (χ1v) is 2.53. The number of rotatable bonds is 0. The molecule has 1 aliphatic rings. The number of nitrogens with two attached hydrogens (primary N) is 1. The van der Waals surface area contributed by atoms with Crippen LogP contribution in [0.5, 0.6) is 0 Å². The maximum absolute atomic E-state index is 8.42. The van der Waals surface area contributed by atoms with Gasteiger partial charge in [-0.3, -0.25) is 0 Å². The fraction of sp³-hybridized carbons (Fsp3) is 0.400. The predicted octanol–water partition coefficient (Wildman–Crippen LogP) is -0.127. The van der Waals surface area contributed by atoms with E-state index in [1.165, 1.54) is 0 Å². The minimum atomic E-state index is -0.384. The van der Waals surface area contributed by atoms with Gasteiger partial charge in [0.25, 0.3) is 0 Å². The average Bonchev–Trinajstić information content (AvgIpc) is 2.12. The molecule has 1 atom stereocenters. The van der Waals surface area contributed by atoms with Crippen LogP contribution in [0.4, 0.5) is 0 Å². The largest absolute Gasteiger partial charge is 0.384 e. The van der Waals surface area contributed by atoms with Crippen molar-refractivity contribution in [2.45, 2.75) is 6.92 Å². The van der Waals surface area contributed by atoms with Gasteiger partial charge in [0.15, 0.2) is 0 Å². The van der Waals surface area contributed by atoms with Gasteiger partial charge in [-0.15, -0.1) is 5.10 Å². The molecular formula is C5H6N4. The summed E-state index contributed by atoms with van der Waals surface area (Å²) >= 11 is 0. The molecule has 0 aromatic heterocycles. The molecule has 0 amide bonds. The van der Waals surface area contributed by atoms with Gasteiger partial charge in [-0.2, -0.15) is 10.4 Å². The SMILES string of the molecule is CC1=NN=C(N)[C@H]1C#N. The second kappa shape index (κ2) is 1.86. The van der Waals surface area contributed by atoms with Gasteiger partial charge in [-0.05, 0) is 6.92 Å². The van der Waals surface area contributed by atoms with Crippen LogP contribution in [0.25, 0.3) is 0 Å². The number of amidine groups is 1. The standard InChI is InChI=1S/C5H6N4/c1-3-4(2-6)5(7)9-8-3/h4H,1H3,(H2,7,9)/t4-/m0/s1. The van der Waals surface area contributed by atoms with E-state index in [-0.39, 0.29) is 5.92 Å². The first kappa shape index (κ1) is 5.76. The molecule has 4 nitrogen and oxygen atoms in total. The Morgan fingerprint density at radius 2 is 2.33 bits per heavy atom. The van der Waals surface area contributed by atoms with Gasteiger partial charge in [0.2, 0.25) is 0 Å². The highest BCUT2D eigenvalue weighted by Gasteiger charge is 2.20. The fourth-order valence-corrected chi connectivity index (χ4v) is 0.626. The lowest BCUT2D eigenvalue weighted by Crippen LogP contribution is -2.23. The molecule has 0 unspecified atom stereocenters. The molecular weight excluding hydrogens is 116 g/mol. The molecule has 0 saturated carbocycles. The van der Waals surface area contributed by atoms with Crippen LogP contribution >= 0.6 is 0 Å². The second-order valence-corrected chi connectivity index (χ2v) is 1.83. The average molecular weight is 122 g/mol. The molecule has 1 aliphatic heterocycles. The van der Waals surface area contributed by atoms with Crippen molar-refractivity contribution in [2.24, 2.45) is 21.9 Å². The first-order valence-electron chi connectivity index (χ1n) is 2.53. The number of hydrogen-bond donors (Lipinski definition) is 1. The van der Waals surface area contributed by atoms with Crippen molar-refractivity contribution < 1.29 is 0 Å². The van der Waals surface area contributed by atoms with E-state index in [0.29, 0.717) is 11.5 Å². The van der Waals surface area contributed by atoms with Crippen LogP contribution in [-0.4, -0.2) is 11.5 Å². The van der Waals surface area contributed by atoms with Crippen LogP contribution in [0.15, 0.2) is 10.2 Å². The summed E-state index contributed by atoms with van der Waals surface area (Å²) in [6.07, 6.45) is 0. The van der Waals surface area contributed by atoms with E-state index in [1.807, 2.05) is 6.07 Å². The Balaban J connectivity index is 2.86. The summed E-state index contributed by atoms with van der Waals surface area (Å²) in [6, 6.07) is 1.98. The molecule has 0 aliphatic carbocycles. The Hall–Kier alpha value is -1.37. The second-order valence-electron chi connectivity index (χ2n) is 1.83. The third-order valence-electron chi connectivity index (χ3n) is 1.17. The van der Waals surface area contributed by atoms with Gasteiger partial charge in [0.05, 0.1) is 11.8 Å². The van der Waals surface area contributed by atoms with Gasteiger partial charge in [0, 0.05) is 0 Å². The Morgan fingerprint density at radius 1 is 1.67 bits per heavy atom. The van der Waals surface area contributed by atoms with Crippen LogP contribution in [-0.2, 0) is 0 Å². The van der Waals surface area contributed by atoms with Gasteiger partial charge >= 0.3 is 0 Å². The summed E-state index contributed by atoms with van der Waals surface area (Å²) in [5, 5.41) is 15.6. The Morgan fingerprint density at radius 3 is 2.56 bits per heavy atom. The van der Waals surface area contributed by atoms with Crippen LogP contribution < -0.4 is 5.73 Å². The normalized spacial score (nSPS) is 24.7. The Bertz CT molecular complexity index is 202. The van der Waals surface area contributed by atoms with Gasteiger partial charge in [-0.25, -0.2) is 0 Å². The minimum absolute atomic E-state index is 0.301. The monoisotopic (exact) mass is 122 g/mol. The molecule has 2 N–H and O–H groups in total. The molecule has 4 heteroatoms. The van der Waals surface area contributed by atoms with Crippen molar-refractivity contribution in [3.8, 4) is 6.07 Å². The maximum atomic E-state index is 8.42. The molecule has 0 radical (unpaired) electrons. The van der Waals surface area contributed by atoms with Crippen molar-refractivity contribution >= 4 is 11.5 Å². The summed E-state index contributed by atoms with van der Waals surface area (Å²) < 4.78 is 0. The van der Waals surface area contributed by atoms with Crippen LogP contribution in [0.2, 0.25) is 0 Å². The van der Waals surface area contributed by atoms with Gasteiger partial charge in [-0.1, -0.05) is 0 Å². The molecule has 0 saturated heterocycles. The molecule has 46 valence electrons. The van der Waals surface area contributed by atoms with Crippen molar-refractivity contribution in [3.63, 3.8) is 0 Å². The summed E-state index contributed by atoms with van der Waals surface area (Å²) in [5.74, 6) is -0.0833. The summed E-state index contributed by atoms with van der Waals surface area (Å²) in [6.45, 7) is 1.73. The lowest BCUT2D eigenvalue weighted by Gasteiger charge is -1.95. The zero-order valence-corrected chi connectivity index (χ0v) is 5.00. The molecule has 1 heterocycles. The van der Waals surface area contributed by atoms with E-state index in [0.717, 1.165) is 0 Å². The highest BCUT2D eigenvalue weighted by atomic mass is 15.3. The highest BCUT2D eigenvalue weighted by molar-refractivity contribution is 6.09. The summed E-state index contributed by atoms with van der Waals surface area (Å²) in [5.41, 5.74) is 5.97. The van der Waals surface area contributed by atoms with Crippen molar-refractivity contribution in [3.05, 3.63) is 0 Å². The number of nitrogens with zero attached hydrogens (tertiary/aromatic N) is 3. The molecule has 9 heavy (non-hydrogen) atoms. The Labute approximate surface area is 52.7 Å². The molecule has 0 fully saturated rings. The number of hydrogen-bond acceptors (Lipinski definition) is 4. The van der Waals surface area contributed by atoms with E-state index in [1.54, 1.807) is 6.92 Å². The van der Waals surface area contributed by atoms with E-state index >= 15 is 0 Å². The first-order chi connectivity index (χ1) is 4.25. The lowest BCUT2D eigenvalue weighted by atomic mass is 10.1. The summed E-state index contributed by atoms with van der Waals surface area (Å²) in [4.78, 5) is 0. The van der Waals surface area contributed by atoms with Crippen molar-refractivity contribution in [1.82, 2.24) is 0 Å². The van der Waals surface area contributed by atoms with Crippen molar-refractivity contribution in [1.29, 1.82) is 5.26 Å². The molecule has 1 rings (SSSR count). The zero-order valence-electron chi connectivity index (χ0n) is 5.00. The highest BCUT2D eigenvalue weighted by Crippen LogP contribution is 2.05. The van der Waals surface area contributed by atoms with E-state index < -0.39 is 0 Å². The molecule has 0 spiro atoms. The number of nitriles is 1.